The molecule has 0 heterocycles. The summed E-state index contributed by atoms with van der Waals surface area (Å²) in [5.41, 5.74) is -0.904. The highest BCUT2D eigenvalue weighted by Gasteiger charge is 2.19. The van der Waals surface area contributed by atoms with Gasteiger partial charge in [-0.15, -0.1) is 0 Å². The quantitative estimate of drug-likeness (QED) is 0.258. The maximum Gasteiger partial charge on any atom is 0.339 e. The molecule has 35 heavy (non-hydrogen) atoms. The number of carboxylic acid groups (broad SMARTS) is 2. The van der Waals surface area contributed by atoms with Crippen molar-refractivity contribution >= 4 is 43.9 Å². The minimum absolute atomic E-state index is 0. The van der Waals surface area contributed by atoms with Crippen LogP contribution in [0.5, 0.6) is 11.5 Å². The van der Waals surface area contributed by atoms with Crippen LogP contribution in [-0.4, -0.2) is 56.4 Å². The third-order valence-corrected chi connectivity index (χ3v) is 5.35. The third kappa shape index (κ3) is 9.47. The Balaban J connectivity index is 0.000000642. The topological polar surface area (TPSA) is 279 Å². The van der Waals surface area contributed by atoms with Crippen molar-refractivity contribution in [1.29, 1.82) is 0 Å². The first-order valence-corrected chi connectivity index (χ1v) is 11.7. The van der Waals surface area contributed by atoms with Crippen LogP contribution in [-0.2, 0) is 29.6 Å². The maximum absolute atomic E-state index is 11.0. The van der Waals surface area contributed by atoms with E-state index in [0.717, 1.165) is 50.2 Å². The molecule has 17 heteroatoms. The van der Waals surface area contributed by atoms with E-state index in [9.17, 15) is 36.0 Å². The van der Waals surface area contributed by atoms with Gasteiger partial charge in [-0.3, -0.25) is 9.59 Å². The van der Waals surface area contributed by atoms with Gasteiger partial charge in [-0.25, -0.2) is 36.7 Å². The van der Waals surface area contributed by atoms with E-state index in [1.165, 1.54) is 0 Å². The number of esters is 2. The molecule has 0 atom stereocenters. The molecule has 0 aromatic heterocycles. The Morgan fingerprint density at radius 1 is 0.686 bits per heavy atom. The fraction of sp³-hybridized carbons (Fsp3) is 0.111. The number of ether oxygens (including phenoxy) is 2. The zero-order valence-electron chi connectivity index (χ0n) is 17.9. The van der Waals surface area contributed by atoms with Crippen LogP contribution >= 0.6 is 0 Å². The molecule has 0 saturated heterocycles. The van der Waals surface area contributed by atoms with Crippen LogP contribution in [0.1, 0.15) is 34.6 Å². The van der Waals surface area contributed by atoms with Gasteiger partial charge in [0.15, 0.2) is 0 Å². The monoisotopic (exact) mass is 536 g/mol. The van der Waals surface area contributed by atoms with Crippen molar-refractivity contribution < 1.29 is 61.2 Å². The van der Waals surface area contributed by atoms with Crippen molar-refractivity contribution in [3.05, 3.63) is 47.5 Å². The number of rotatable bonds is 6. The van der Waals surface area contributed by atoms with Crippen molar-refractivity contribution in [1.82, 2.24) is 0 Å². The Morgan fingerprint density at radius 3 is 1.17 bits per heavy atom. The average Bonchev–Trinajstić information content (AvgIpc) is 2.66. The second-order valence-corrected chi connectivity index (χ2v) is 9.33. The second-order valence-electron chi connectivity index (χ2n) is 6.20. The molecular weight excluding hydrogens is 516 g/mol. The molecule has 0 aliphatic heterocycles. The number of primary sulfonamides is 2. The molecule has 2 rings (SSSR count). The molecule has 192 valence electrons. The lowest BCUT2D eigenvalue weighted by Crippen LogP contribution is -2.14. The summed E-state index contributed by atoms with van der Waals surface area (Å²) < 4.78 is 53.3. The van der Waals surface area contributed by atoms with Gasteiger partial charge in [0.25, 0.3) is 0 Å². The number of hydrogen-bond donors (Lipinski definition) is 4. The summed E-state index contributed by atoms with van der Waals surface area (Å²) in [7, 11) is -8.02. The molecule has 0 spiro atoms. The molecular formula is C18H20N2O13S2. The van der Waals surface area contributed by atoms with Gasteiger partial charge in [0.1, 0.15) is 22.6 Å². The molecule has 2 aromatic carbocycles. The van der Waals surface area contributed by atoms with E-state index in [1.807, 2.05) is 0 Å². The van der Waals surface area contributed by atoms with E-state index in [-0.39, 0.29) is 26.8 Å². The van der Waals surface area contributed by atoms with Gasteiger partial charge in [0.2, 0.25) is 20.0 Å². The van der Waals surface area contributed by atoms with Gasteiger partial charge in [-0.2, -0.15) is 0 Å². The van der Waals surface area contributed by atoms with Crippen LogP contribution in [0.4, 0.5) is 0 Å². The lowest BCUT2D eigenvalue weighted by molar-refractivity contribution is -0.132. The highest BCUT2D eigenvalue weighted by Crippen LogP contribution is 2.23. The van der Waals surface area contributed by atoms with Gasteiger partial charge in [0.05, 0.1) is 9.79 Å². The first kappa shape index (κ1) is 31.1. The number of aromatic carboxylic acids is 2. The second kappa shape index (κ2) is 12.0. The number of carbonyl (C=O) groups is 4. The normalized spacial score (nSPS) is 10.6. The zero-order chi connectivity index (χ0) is 26.4. The minimum Gasteiger partial charge on any atom is -0.478 e. The number of sulfonamides is 2. The van der Waals surface area contributed by atoms with Crippen LogP contribution in [0, 0.1) is 0 Å². The van der Waals surface area contributed by atoms with E-state index in [1.54, 1.807) is 0 Å². The van der Waals surface area contributed by atoms with Crippen molar-refractivity contribution in [3.8, 4) is 11.5 Å². The van der Waals surface area contributed by atoms with Crippen LogP contribution in [0.3, 0.4) is 0 Å². The summed E-state index contributed by atoms with van der Waals surface area (Å²) in [6.07, 6.45) is 0. The van der Waals surface area contributed by atoms with Gasteiger partial charge < -0.3 is 25.2 Å². The Bertz CT molecular complexity index is 1260. The van der Waals surface area contributed by atoms with E-state index in [4.69, 9.17) is 20.5 Å². The molecule has 0 radical (unpaired) electrons. The first-order valence-electron chi connectivity index (χ1n) is 8.60. The molecule has 0 saturated carbocycles. The molecule has 0 fully saturated rings. The maximum atomic E-state index is 11.0. The van der Waals surface area contributed by atoms with Crippen LogP contribution in [0.15, 0.2) is 46.2 Å². The summed E-state index contributed by atoms with van der Waals surface area (Å²) in [6.45, 7) is 2.19. The predicted octanol–water partition coefficient (Wildman–Crippen LogP) is -0.910. The van der Waals surface area contributed by atoms with E-state index < -0.39 is 55.1 Å². The highest BCUT2D eigenvalue weighted by molar-refractivity contribution is 7.89. The van der Waals surface area contributed by atoms with Crippen LogP contribution in [0.25, 0.3) is 0 Å². The van der Waals surface area contributed by atoms with Crippen molar-refractivity contribution in [2.24, 2.45) is 10.3 Å². The molecule has 2 aromatic rings. The lowest BCUT2D eigenvalue weighted by atomic mass is 10.2. The average molecular weight is 536 g/mol. The van der Waals surface area contributed by atoms with Crippen LogP contribution in [0.2, 0.25) is 0 Å². The summed E-state index contributed by atoms with van der Waals surface area (Å²) in [5, 5.41) is 27.4. The number of carbonyl (C=O) groups excluding carboxylic acids is 2. The van der Waals surface area contributed by atoms with Gasteiger partial charge >= 0.3 is 23.9 Å². The molecule has 0 bridgehead atoms. The summed E-state index contributed by atoms with van der Waals surface area (Å²) in [5.74, 6) is -4.75. The Morgan fingerprint density at radius 2 is 0.971 bits per heavy atom. The Kier molecular flexibility index (Phi) is 10.7. The number of benzene rings is 2. The summed E-state index contributed by atoms with van der Waals surface area (Å²) >= 11 is 0. The molecule has 8 N–H and O–H groups in total. The first-order chi connectivity index (χ1) is 15.4. The standard InChI is InChI=1S/2C9H9NO6S.H2O/c2*1-5(11)16-8-3-2-6(17(10,14)15)4-7(8)9(12)13;/h2*2-4H,1H3,(H,12,13)(H2,10,14,15);1H2. The zero-order valence-corrected chi connectivity index (χ0v) is 19.5. The van der Waals surface area contributed by atoms with Crippen molar-refractivity contribution in [2.45, 2.75) is 23.6 Å². The van der Waals surface area contributed by atoms with Gasteiger partial charge in [-0.1, -0.05) is 0 Å². The smallest absolute Gasteiger partial charge is 0.339 e. The van der Waals surface area contributed by atoms with E-state index in [0.29, 0.717) is 0 Å². The number of nitrogens with two attached hydrogens (primary N) is 2. The van der Waals surface area contributed by atoms with E-state index in [2.05, 4.69) is 9.47 Å². The summed E-state index contributed by atoms with van der Waals surface area (Å²) in [6, 6.07) is 5.89. The predicted molar refractivity (Wildman–Crippen MR) is 116 cm³/mol. The SMILES string of the molecule is CC(=O)Oc1ccc(S(N)(=O)=O)cc1C(=O)O.CC(=O)Oc1ccc(S(N)(=O)=O)cc1C(=O)O.O. The third-order valence-electron chi connectivity index (χ3n) is 3.53. The molecule has 0 amide bonds. The highest BCUT2D eigenvalue weighted by atomic mass is 32.2. The van der Waals surface area contributed by atoms with Crippen molar-refractivity contribution in [2.75, 3.05) is 0 Å². The number of carboxylic acids is 2. The lowest BCUT2D eigenvalue weighted by Gasteiger charge is -2.06. The number of hydrogen-bond acceptors (Lipinski definition) is 10. The van der Waals surface area contributed by atoms with Gasteiger partial charge in [-0.05, 0) is 36.4 Å². The molecule has 15 nitrogen and oxygen atoms in total. The molecule has 0 aliphatic carbocycles. The van der Waals surface area contributed by atoms with Crippen molar-refractivity contribution in [3.63, 3.8) is 0 Å². The minimum atomic E-state index is -4.01. The molecule has 0 unspecified atom stereocenters. The van der Waals surface area contributed by atoms with Gasteiger partial charge in [0, 0.05) is 13.8 Å². The Labute approximate surface area is 198 Å². The van der Waals surface area contributed by atoms with Crippen LogP contribution < -0.4 is 19.8 Å². The molecule has 0 aliphatic rings. The van der Waals surface area contributed by atoms with E-state index >= 15 is 0 Å². The fourth-order valence-electron chi connectivity index (χ4n) is 2.19. The Hall–Kier alpha value is -3.90. The summed E-state index contributed by atoms with van der Waals surface area (Å²) in [4.78, 5) is 42.4. The fourth-order valence-corrected chi connectivity index (χ4v) is 3.27. The largest absolute Gasteiger partial charge is 0.478 e.